The van der Waals surface area contributed by atoms with Crippen molar-refractivity contribution in [3.05, 3.63) is 21.7 Å². The summed E-state index contributed by atoms with van der Waals surface area (Å²) in [7, 11) is 0. The van der Waals surface area contributed by atoms with Crippen LogP contribution in [0.3, 0.4) is 0 Å². The molecule has 1 aliphatic rings. The van der Waals surface area contributed by atoms with Crippen LogP contribution in [0.5, 0.6) is 0 Å². The third kappa shape index (κ3) is 2.12. The van der Waals surface area contributed by atoms with Crippen LogP contribution >= 0.6 is 11.3 Å². The minimum absolute atomic E-state index is 0.00633. The first-order valence-corrected chi connectivity index (χ1v) is 6.66. The summed E-state index contributed by atoms with van der Waals surface area (Å²) in [5, 5.41) is 18.6. The molecular weight excluding hydrogens is 270 g/mol. The number of hydrogen-bond acceptors (Lipinski definition) is 6. The van der Waals surface area contributed by atoms with E-state index in [9.17, 15) is 14.9 Å². The van der Waals surface area contributed by atoms with Crippen LogP contribution in [0.2, 0.25) is 0 Å². The second-order valence-electron chi connectivity index (χ2n) is 4.28. The SMILES string of the molecule is O=C1CCC(CNc2nc3sccn3c2[N+](=O)[O-])N1. The Labute approximate surface area is 111 Å². The minimum atomic E-state index is -0.456. The van der Waals surface area contributed by atoms with Crippen LogP contribution in [0.1, 0.15) is 12.8 Å². The number of rotatable bonds is 4. The minimum Gasteiger partial charge on any atom is -0.361 e. The van der Waals surface area contributed by atoms with Crippen molar-refractivity contribution < 1.29 is 9.72 Å². The first kappa shape index (κ1) is 11.9. The molecule has 0 aliphatic carbocycles. The molecule has 1 fully saturated rings. The van der Waals surface area contributed by atoms with Gasteiger partial charge < -0.3 is 20.7 Å². The van der Waals surface area contributed by atoms with E-state index in [-0.39, 0.29) is 23.6 Å². The van der Waals surface area contributed by atoms with Crippen molar-refractivity contribution in [2.75, 3.05) is 11.9 Å². The predicted molar refractivity (Wildman–Crippen MR) is 69.4 cm³/mol. The molecule has 3 heterocycles. The molecule has 0 aromatic carbocycles. The zero-order valence-corrected chi connectivity index (χ0v) is 10.6. The van der Waals surface area contributed by atoms with Crippen molar-refractivity contribution in [3.63, 3.8) is 0 Å². The Balaban J connectivity index is 1.80. The maximum absolute atomic E-state index is 11.1. The van der Waals surface area contributed by atoms with Crippen LogP contribution in [-0.4, -0.2) is 32.8 Å². The summed E-state index contributed by atoms with van der Waals surface area (Å²) < 4.78 is 1.44. The van der Waals surface area contributed by atoms with Crippen LogP contribution in [0.25, 0.3) is 4.96 Å². The van der Waals surface area contributed by atoms with Crippen molar-refractivity contribution in [2.45, 2.75) is 18.9 Å². The van der Waals surface area contributed by atoms with Gasteiger partial charge in [-0.2, -0.15) is 9.38 Å². The van der Waals surface area contributed by atoms with Crippen LogP contribution in [0.4, 0.5) is 11.6 Å². The van der Waals surface area contributed by atoms with Gasteiger partial charge >= 0.3 is 5.82 Å². The molecule has 0 saturated carbocycles. The number of nitro groups is 1. The number of aromatic nitrogens is 2. The highest BCUT2D eigenvalue weighted by molar-refractivity contribution is 7.15. The highest BCUT2D eigenvalue weighted by Crippen LogP contribution is 2.28. The molecule has 0 spiro atoms. The summed E-state index contributed by atoms with van der Waals surface area (Å²) in [6, 6.07) is 0.00633. The number of thiazole rings is 1. The van der Waals surface area contributed by atoms with E-state index in [4.69, 9.17) is 0 Å². The molecule has 1 saturated heterocycles. The maximum atomic E-state index is 11.1. The first-order chi connectivity index (χ1) is 9.15. The highest BCUT2D eigenvalue weighted by atomic mass is 32.1. The molecule has 1 unspecified atom stereocenters. The van der Waals surface area contributed by atoms with Gasteiger partial charge in [-0.15, -0.1) is 0 Å². The summed E-state index contributed by atoms with van der Waals surface area (Å²) in [4.78, 5) is 26.5. The second kappa shape index (κ2) is 4.50. The van der Waals surface area contributed by atoms with Gasteiger partial charge in [0, 0.05) is 24.4 Å². The molecule has 1 atom stereocenters. The normalized spacial score (nSPS) is 18.7. The molecule has 1 aliphatic heterocycles. The summed E-state index contributed by atoms with van der Waals surface area (Å²) in [5.74, 6) is 0.200. The third-order valence-electron chi connectivity index (χ3n) is 3.01. The molecular formula is C10H11N5O3S. The number of carbonyl (C=O) groups is 1. The lowest BCUT2D eigenvalue weighted by molar-refractivity contribution is -0.389. The number of nitrogens with one attached hydrogen (secondary N) is 2. The standard InChI is InChI=1S/C10H11N5O3S/c16-7-2-1-6(12-7)5-11-8-9(15(17)18)14-3-4-19-10(14)13-8/h3-4,6,11H,1-2,5H2,(H,12,16). The van der Waals surface area contributed by atoms with E-state index in [0.29, 0.717) is 17.9 Å². The van der Waals surface area contributed by atoms with Crippen molar-refractivity contribution in [1.82, 2.24) is 14.7 Å². The quantitative estimate of drug-likeness (QED) is 0.643. The van der Waals surface area contributed by atoms with E-state index in [1.165, 1.54) is 15.7 Å². The number of fused-ring (bicyclic) bond motifs is 1. The van der Waals surface area contributed by atoms with E-state index >= 15 is 0 Å². The fraction of sp³-hybridized carbons (Fsp3) is 0.400. The lowest BCUT2D eigenvalue weighted by atomic mass is 10.2. The molecule has 0 bridgehead atoms. The van der Waals surface area contributed by atoms with Gasteiger partial charge in [0.1, 0.15) is 6.20 Å². The molecule has 8 nitrogen and oxygen atoms in total. The Morgan fingerprint density at radius 2 is 2.53 bits per heavy atom. The number of carbonyl (C=O) groups excluding carboxylic acids is 1. The molecule has 2 N–H and O–H groups in total. The summed E-state index contributed by atoms with van der Waals surface area (Å²) in [5.41, 5.74) is 0. The summed E-state index contributed by atoms with van der Waals surface area (Å²) in [6.07, 6.45) is 2.86. The van der Waals surface area contributed by atoms with Gasteiger partial charge in [-0.05, 0) is 11.3 Å². The maximum Gasteiger partial charge on any atom is 0.372 e. The van der Waals surface area contributed by atoms with Gasteiger partial charge in [0.2, 0.25) is 11.7 Å². The molecule has 1 amide bonds. The second-order valence-corrected chi connectivity index (χ2v) is 5.15. The van der Waals surface area contributed by atoms with Gasteiger partial charge in [-0.3, -0.25) is 4.79 Å². The van der Waals surface area contributed by atoms with Crippen molar-refractivity contribution in [1.29, 1.82) is 0 Å². The molecule has 2 aromatic heterocycles. The highest BCUT2D eigenvalue weighted by Gasteiger charge is 2.26. The third-order valence-corrected chi connectivity index (χ3v) is 3.77. The topological polar surface area (TPSA) is 102 Å². The van der Waals surface area contributed by atoms with Crippen LogP contribution < -0.4 is 10.6 Å². The van der Waals surface area contributed by atoms with Crippen molar-refractivity contribution >= 4 is 33.8 Å². The molecule has 0 radical (unpaired) electrons. The molecule has 9 heteroatoms. The number of hydrogen-bond donors (Lipinski definition) is 2. The zero-order chi connectivity index (χ0) is 13.4. The Bertz CT molecular complexity index is 649. The van der Waals surface area contributed by atoms with Crippen LogP contribution in [0, 0.1) is 10.1 Å². The van der Waals surface area contributed by atoms with E-state index in [0.717, 1.165) is 6.42 Å². The first-order valence-electron chi connectivity index (χ1n) is 5.78. The lowest BCUT2D eigenvalue weighted by Crippen LogP contribution is -2.32. The van der Waals surface area contributed by atoms with Crippen LogP contribution in [-0.2, 0) is 4.79 Å². The Morgan fingerprint density at radius 3 is 3.21 bits per heavy atom. The van der Waals surface area contributed by atoms with Gasteiger partial charge in [0.25, 0.3) is 4.96 Å². The number of nitrogens with zero attached hydrogens (tertiary/aromatic N) is 3. The smallest absolute Gasteiger partial charge is 0.361 e. The number of anilines is 1. The monoisotopic (exact) mass is 281 g/mol. The lowest BCUT2D eigenvalue weighted by Gasteiger charge is -2.10. The molecule has 2 aromatic rings. The van der Waals surface area contributed by atoms with Crippen LogP contribution in [0.15, 0.2) is 11.6 Å². The largest absolute Gasteiger partial charge is 0.372 e. The summed E-state index contributed by atoms with van der Waals surface area (Å²) >= 11 is 1.34. The Morgan fingerprint density at radius 1 is 1.68 bits per heavy atom. The zero-order valence-electron chi connectivity index (χ0n) is 9.83. The fourth-order valence-electron chi connectivity index (χ4n) is 2.12. The van der Waals surface area contributed by atoms with Gasteiger partial charge in [0.05, 0.1) is 0 Å². The van der Waals surface area contributed by atoms with Gasteiger partial charge in [-0.1, -0.05) is 11.3 Å². The summed E-state index contributed by atoms with van der Waals surface area (Å²) in [6.45, 7) is 0.442. The van der Waals surface area contributed by atoms with E-state index in [1.54, 1.807) is 11.6 Å². The van der Waals surface area contributed by atoms with Gasteiger partial charge in [-0.25, -0.2) is 0 Å². The van der Waals surface area contributed by atoms with E-state index < -0.39 is 4.92 Å². The Kier molecular flexibility index (Phi) is 2.82. The number of imidazole rings is 1. The van der Waals surface area contributed by atoms with E-state index in [2.05, 4.69) is 15.6 Å². The average molecular weight is 281 g/mol. The van der Waals surface area contributed by atoms with E-state index in [1.807, 2.05) is 0 Å². The predicted octanol–water partition coefficient (Wildman–Crippen LogP) is 0.994. The fourth-order valence-corrected chi connectivity index (χ4v) is 2.83. The molecule has 19 heavy (non-hydrogen) atoms. The average Bonchev–Trinajstić information content (AvgIpc) is 3.00. The molecule has 100 valence electrons. The Hall–Kier alpha value is -2.16. The molecule has 3 rings (SSSR count). The van der Waals surface area contributed by atoms with Gasteiger partial charge in [0.15, 0.2) is 0 Å². The number of amides is 1. The van der Waals surface area contributed by atoms with Crippen molar-refractivity contribution in [3.8, 4) is 0 Å². The van der Waals surface area contributed by atoms with Crippen molar-refractivity contribution in [2.24, 2.45) is 0 Å².